The van der Waals surface area contributed by atoms with Crippen LogP contribution in [0.5, 0.6) is 0 Å². The minimum absolute atomic E-state index is 0.0263. The van der Waals surface area contributed by atoms with Crippen molar-refractivity contribution in [3.05, 3.63) is 50.7 Å². The first-order valence-electron chi connectivity index (χ1n) is 7.29. The molecule has 0 bridgehead atoms. The van der Waals surface area contributed by atoms with E-state index >= 15 is 4.39 Å². The SMILES string of the molecule is COC(=O)c1cc2c(C)n(C)nc2c(F)c1Nc1ccc(I)cc1F. The molecule has 25 heavy (non-hydrogen) atoms. The maximum Gasteiger partial charge on any atom is 0.340 e. The molecule has 0 amide bonds. The molecule has 0 aliphatic carbocycles. The van der Waals surface area contributed by atoms with Crippen molar-refractivity contribution in [2.45, 2.75) is 6.92 Å². The quantitative estimate of drug-likeness (QED) is 0.471. The largest absolute Gasteiger partial charge is 0.465 e. The van der Waals surface area contributed by atoms with Gasteiger partial charge in [0.25, 0.3) is 0 Å². The van der Waals surface area contributed by atoms with E-state index in [1.54, 1.807) is 20.0 Å². The first kappa shape index (κ1) is 17.6. The number of carbonyl (C=O) groups is 1. The van der Waals surface area contributed by atoms with Crippen molar-refractivity contribution in [1.82, 2.24) is 9.78 Å². The fourth-order valence-electron chi connectivity index (χ4n) is 2.53. The van der Waals surface area contributed by atoms with Crippen LogP contribution in [0, 0.1) is 22.1 Å². The van der Waals surface area contributed by atoms with Crippen molar-refractivity contribution in [1.29, 1.82) is 0 Å². The number of nitrogens with zero attached hydrogens (tertiary/aromatic N) is 2. The molecule has 1 heterocycles. The summed E-state index contributed by atoms with van der Waals surface area (Å²) in [6.45, 7) is 1.77. The maximum absolute atomic E-state index is 15.0. The van der Waals surface area contributed by atoms with Crippen molar-refractivity contribution >= 4 is 50.8 Å². The highest BCUT2D eigenvalue weighted by Gasteiger charge is 2.23. The molecule has 0 atom stereocenters. The Morgan fingerprint density at radius 3 is 2.68 bits per heavy atom. The van der Waals surface area contributed by atoms with Gasteiger partial charge >= 0.3 is 5.97 Å². The molecule has 0 aliphatic heterocycles. The van der Waals surface area contributed by atoms with Gasteiger partial charge in [-0.1, -0.05) is 0 Å². The second-order valence-corrected chi connectivity index (χ2v) is 6.70. The minimum atomic E-state index is -0.737. The van der Waals surface area contributed by atoms with E-state index < -0.39 is 17.6 Å². The smallest absolute Gasteiger partial charge is 0.340 e. The standard InChI is InChI=1S/C17H14F2IN3O2/c1-8-10-7-11(17(24)25-3)15(14(19)16(10)22-23(8)2)21-13-5-4-9(20)6-12(13)18/h4-7,21H,1-3H3. The molecule has 0 saturated carbocycles. The summed E-state index contributed by atoms with van der Waals surface area (Å²) in [6, 6.07) is 5.96. The highest BCUT2D eigenvalue weighted by Crippen LogP contribution is 2.33. The minimum Gasteiger partial charge on any atom is -0.465 e. The lowest BCUT2D eigenvalue weighted by atomic mass is 10.1. The molecule has 5 nitrogen and oxygen atoms in total. The van der Waals surface area contributed by atoms with E-state index in [1.165, 1.54) is 30.0 Å². The van der Waals surface area contributed by atoms with E-state index in [-0.39, 0.29) is 22.5 Å². The molecule has 0 radical (unpaired) electrons. The number of methoxy groups -OCH3 is 1. The predicted molar refractivity (Wildman–Crippen MR) is 99.1 cm³/mol. The first-order valence-corrected chi connectivity index (χ1v) is 8.37. The average Bonchev–Trinajstić information content (AvgIpc) is 2.86. The number of benzene rings is 2. The molecule has 0 spiro atoms. The molecule has 3 rings (SSSR count). The van der Waals surface area contributed by atoms with Crippen LogP contribution in [0.1, 0.15) is 16.1 Å². The summed E-state index contributed by atoms with van der Waals surface area (Å²) in [4.78, 5) is 12.1. The van der Waals surface area contributed by atoms with Gasteiger partial charge in [0.1, 0.15) is 11.3 Å². The molecule has 0 saturated heterocycles. The van der Waals surface area contributed by atoms with Crippen LogP contribution in [-0.4, -0.2) is 22.9 Å². The summed E-state index contributed by atoms with van der Waals surface area (Å²) in [5.74, 6) is -2.02. The number of fused-ring (bicyclic) bond motifs is 1. The summed E-state index contributed by atoms with van der Waals surface area (Å²) in [5, 5.41) is 7.30. The first-order chi connectivity index (χ1) is 11.8. The second kappa shape index (κ2) is 6.58. The number of rotatable bonds is 3. The molecular weight excluding hydrogens is 443 g/mol. The Bertz CT molecular complexity index is 1000. The third kappa shape index (κ3) is 3.06. The molecule has 2 aromatic carbocycles. The van der Waals surface area contributed by atoms with Crippen LogP contribution in [-0.2, 0) is 11.8 Å². The number of nitrogens with one attached hydrogen (secondary N) is 1. The molecule has 130 valence electrons. The van der Waals surface area contributed by atoms with Gasteiger partial charge in [-0.05, 0) is 53.8 Å². The summed E-state index contributed by atoms with van der Waals surface area (Å²) < 4.78 is 36.1. The van der Waals surface area contributed by atoms with Gasteiger partial charge in [-0.3, -0.25) is 4.68 Å². The molecule has 3 aromatic rings. The van der Waals surface area contributed by atoms with E-state index in [4.69, 9.17) is 4.74 Å². The molecule has 0 aliphatic rings. The number of esters is 1. The maximum atomic E-state index is 15.0. The second-order valence-electron chi connectivity index (χ2n) is 5.46. The Balaban J connectivity index is 2.24. The summed E-state index contributed by atoms with van der Waals surface area (Å²) in [5.41, 5.74) is 0.655. The van der Waals surface area contributed by atoms with Crippen molar-refractivity contribution in [2.75, 3.05) is 12.4 Å². The van der Waals surface area contributed by atoms with E-state index in [9.17, 15) is 9.18 Å². The Morgan fingerprint density at radius 2 is 2.04 bits per heavy atom. The summed E-state index contributed by atoms with van der Waals surface area (Å²) in [7, 11) is 2.88. The fourth-order valence-corrected chi connectivity index (χ4v) is 2.98. The Kier molecular flexibility index (Phi) is 4.63. The van der Waals surface area contributed by atoms with Gasteiger partial charge in [0.15, 0.2) is 5.82 Å². The summed E-state index contributed by atoms with van der Waals surface area (Å²) in [6.07, 6.45) is 0. The van der Waals surface area contributed by atoms with E-state index in [2.05, 4.69) is 10.4 Å². The topological polar surface area (TPSA) is 56.2 Å². The zero-order valence-corrected chi connectivity index (χ0v) is 15.8. The van der Waals surface area contributed by atoms with Gasteiger partial charge in [-0.2, -0.15) is 5.10 Å². The van der Waals surface area contributed by atoms with E-state index in [0.29, 0.717) is 14.7 Å². The van der Waals surface area contributed by atoms with Gasteiger partial charge in [-0.25, -0.2) is 13.6 Å². The number of anilines is 2. The molecule has 8 heteroatoms. The van der Waals surface area contributed by atoms with E-state index in [1.807, 2.05) is 22.6 Å². The number of hydrogen-bond acceptors (Lipinski definition) is 4. The molecule has 1 N–H and O–H groups in total. The lowest BCUT2D eigenvalue weighted by Crippen LogP contribution is -2.09. The van der Waals surface area contributed by atoms with Gasteiger partial charge in [-0.15, -0.1) is 0 Å². The molecule has 0 fully saturated rings. The van der Waals surface area contributed by atoms with E-state index in [0.717, 1.165) is 0 Å². The van der Waals surface area contributed by atoms with Crippen molar-refractivity contribution < 1.29 is 18.3 Å². The average molecular weight is 457 g/mol. The monoisotopic (exact) mass is 457 g/mol. The molecular formula is C17H14F2IN3O2. The molecule has 0 unspecified atom stereocenters. The number of hydrogen-bond donors (Lipinski definition) is 1. The number of aromatic nitrogens is 2. The van der Waals surface area contributed by atoms with Crippen LogP contribution in [0.2, 0.25) is 0 Å². The van der Waals surface area contributed by atoms with Crippen molar-refractivity contribution in [2.24, 2.45) is 7.05 Å². The third-order valence-corrected chi connectivity index (χ3v) is 4.63. The van der Waals surface area contributed by atoms with Crippen molar-refractivity contribution in [3.8, 4) is 0 Å². The van der Waals surface area contributed by atoms with Gasteiger partial charge in [0.2, 0.25) is 0 Å². The van der Waals surface area contributed by atoms with Crippen LogP contribution in [0.4, 0.5) is 20.2 Å². The molecule has 1 aromatic heterocycles. The number of halogens is 3. The van der Waals surface area contributed by atoms with Crippen molar-refractivity contribution in [3.63, 3.8) is 0 Å². The highest BCUT2D eigenvalue weighted by atomic mass is 127. The Labute approximate surface area is 156 Å². The third-order valence-electron chi connectivity index (χ3n) is 3.96. The zero-order chi connectivity index (χ0) is 18.3. The zero-order valence-electron chi connectivity index (χ0n) is 13.7. The number of carbonyl (C=O) groups excluding carboxylic acids is 1. The fraction of sp³-hybridized carbons (Fsp3) is 0.176. The summed E-state index contributed by atoms with van der Waals surface area (Å²) >= 11 is 1.97. The lowest BCUT2D eigenvalue weighted by Gasteiger charge is -2.13. The van der Waals surface area contributed by atoms with Crippen LogP contribution in [0.25, 0.3) is 10.9 Å². The van der Waals surface area contributed by atoms with Crippen LogP contribution >= 0.6 is 22.6 Å². The van der Waals surface area contributed by atoms with Crippen LogP contribution < -0.4 is 5.32 Å². The number of ether oxygens (including phenoxy) is 1. The van der Waals surface area contributed by atoms with Crippen LogP contribution in [0.3, 0.4) is 0 Å². The van der Waals surface area contributed by atoms with Gasteiger partial charge in [0.05, 0.1) is 24.0 Å². The highest BCUT2D eigenvalue weighted by molar-refractivity contribution is 14.1. The normalized spacial score (nSPS) is 11.0. The van der Waals surface area contributed by atoms with Gasteiger partial charge < -0.3 is 10.1 Å². The Hall–Kier alpha value is -2.23. The lowest BCUT2D eigenvalue weighted by molar-refractivity contribution is 0.0601. The number of aryl methyl sites for hydroxylation is 2. The predicted octanol–water partition coefficient (Wildman–Crippen LogP) is 4.29. The van der Waals surface area contributed by atoms with Gasteiger partial charge in [0, 0.05) is 21.7 Å². The Morgan fingerprint density at radius 1 is 1.32 bits per heavy atom. The van der Waals surface area contributed by atoms with Crippen LogP contribution in [0.15, 0.2) is 24.3 Å².